The third-order valence-corrected chi connectivity index (χ3v) is 36.8. The summed E-state index contributed by atoms with van der Waals surface area (Å²) in [5.74, 6) is 0. The molecule has 0 spiro atoms. The fourth-order valence-corrected chi connectivity index (χ4v) is 33.8. The van der Waals surface area contributed by atoms with Gasteiger partial charge in [0.1, 0.15) is 0 Å². The van der Waals surface area contributed by atoms with Crippen LogP contribution in [0.15, 0.2) is 231 Å². The van der Waals surface area contributed by atoms with Gasteiger partial charge in [0.15, 0.2) is 0 Å². The standard InChI is InChI=1S/C36H38Si.C34H30Si.C32H30Si.6CH3.Nb.2Ti/c1-5-7-13-29-23-27-21-19-25-15-9-11-17-31(25)33(27)35(29)37(3,4)36-30(14-8-6-2)24-28-22-20-26-16-10-12-18-32(26)34(28)36;1-19-15-27-25-9-5-7-21-11-13-23(31(21)25)17-29(27)33(19)35(3,4)34-20(2)16-28-26-10-6-8-22-12-14-24(32(22)26)18-30(28)34;1-5-21-19-25-17-15-23-11-7-9-13-27(23)29(25)31(21)33(3,4)32-22(6-2)20-26-18-16-24-12-8-10-14-28(24)30(26)32;;;;;;;;;/h9-12,15-24H,5-8,13-14H2,1-4H3;5-10,15-18H,11-14H2,1-4H3;7-20H,5-6H2,1-4H3;6*1H3;;;/q3*-2;6*-1;;2*+4. The Bertz CT molecular complexity index is 6150. The number of hydrogen-bond donors (Lipinski definition) is 0. The van der Waals surface area contributed by atoms with Crippen molar-refractivity contribution < 1.29 is 65.8 Å². The third kappa shape index (κ3) is 14.5. The first-order valence-corrected chi connectivity index (χ1v) is 48.7. The van der Waals surface area contributed by atoms with Crippen LogP contribution in [0.2, 0.25) is 39.3 Å². The van der Waals surface area contributed by atoms with Crippen molar-refractivity contribution in [3.63, 3.8) is 0 Å². The molecule has 0 heterocycles. The van der Waals surface area contributed by atoms with Crippen LogP contribution in [0.3, 0.4) is 0 Å². The van der Waals surface area contributed by atoms with Crippen molar-refractivity contribution in [1.82, 2.24) is 0 Å². The van der Waals surface area contributed by atoms with E-state index in [0.29, 0.717) is 0 Å². The number of fused-ring (bicyclic) bond motifs is 16. The molecule has 18 aromatic carbocycles. The fourth-order valence-electron chi connectivity index (χ4n) is 21.4. The van der Waals surface area contributed by atoms with E-state index in [0.717, 1.165) is 12.8 Å². The van der Waals surface area contributed by atoms with Crippen molar-refractivity contribution in [2.24, 2.45) is 0 Å². The molecule has 114 heavy (non-hydrogen) atoms. The molecule has 0 saturated heterocycles. The summed E-state index contributed by atoms with van der Waals surface area (Å²) in [6.07, 6.45) is 14.2. The van der Waals surface area contributed by atoms with E-state index in [2.05, 4.69) is 311 Å². The number of benzene rings is 12. The minimum Gasteiger partial charge on any atom is -0.358 e. The first-order chi connectivity index (χ1) is 51.0. The Labute approximate surface area is 732 Å². The molecule has 0 nitrogen and oxygen atoms in total. The molecule has 0 aromatic heterocycles. The maximum atomic E-state index is 2.64. The Morgan fingerprint density at radius 3 is 0.895 bits per heavy atom. The molecule has 6 heteroatoms. The van der Waals surface area contributed by atoms with Gasteiger partial charge in [0.05, 0.1) is 0 Å². The molecule has 0 fully saturated rings. The number of unbranched alkanes of at least 4 members (excludes halogenated alkanes) is 2. The molecule has 0 atom stereocenters. The van der Waals surface area contributed by atoms with Gasteiger partial charge in [0.25, 0.3) is 0 Å². The molecule has 0 N–H and O–H groups in total. The van der Waals surface area contributed by atoms with Gasteiger partial charge >= 0.3 is 43.4 Å². The Morgan fingerprint density at radius 1 is 0.307 bits per heavy atom. The average Bonchev–Trinajstić information content (AvgIpc) is 1.56. The summed E-state index contributed by atoms with van der Waals surface area (Å²) in [7, 11) is -6.13. The van der Waals surface area contributed by atoms with E-state index in [4.69, 9.17) is 0 Å². The zero-order chi connectivity index (χ0) is 71.9. The van der Waals surface area contributed by atoms with Crippen LogP contribution in [0, 0.1) is 58.4 Å². The van der Waals surface area contributed by atoms with Crippen LogP contribution < -0.4 is 31.1 Å². The van der Waals surface area contributed by atoms with Crippen LogP contribution in [0.1, 0.15) is 109 Å². The first kappa shape index (κ1) is 90.6. The molecule has 0 unspecified atom stereocenters. The molecule has 0 saturated carbocycles. The van der Waals surface area contributed by atoms with Crippen LogP contribution in [-0.2, 0) is 117 Å². The van der Waals surface area contributed by atoms with E-state index in [1.807, 2.05) is 0 Å². The van der Waals surface area contributed by atoms with Crippen molar-refractivity contribution in [3.05, 3.63) is 331 Å². The number of hydrogen-bond acceptors (Lipinski definition) is 0. The first-order valence-electron chi connectivity index (χ1n) is 39.7. The number of aryl methyl sites for hydroxylation is 10. The molecule has 2 aliphatic carbocycles. The van der Waals surface area contributed by atoms with Gasteiger partial charge in [-0.3, -0.25) is 0 Å². The maximum Gasteiger partial charge on any atom is 4.00 e. The molecule has 20 rings (SSSR count). The summed E-state index contributed by atoms with van der Waals surface area (Å²) in [6, 6.07) is 88.7. The molecule has 2 aliphatic rings. The van der Waals surface area contributed by atoms with Crippen molar-refractivity contribution >= 4 is 185 Å². The zero-order valence-electron chi connectivity index (χ0n) is 71.4. The van der Waals surface area contributed by atoms with E-state index in [1.54, 1.807) is 64.5 Å². The number of rotatable bonds is 14. The van der Waals surface area contributed by atoms with Crippen LogP contribution in [0.4, 0.5) is 0 Å². The third-order valence-electron chi connectivity index (χ3n) is 25.7. The molecule has 577 valence electrons. The summed E-state index contributed by atoms with van der Waals surface area (Å²) in [4.78, 5) is 0. The normalized spacial score (nSPS) is 12.2. The average molecular weight is 1690 g/mol. The smallest absolute Gasteiger partial charge is 0.358 e. The van der Waals surface area contributed by atoms with Gasteiger partial charge in [-0.2, -0.15) is 32.9 Å². The Hall–Kier alpha value is -7.32. The van der Waals surface area contributed by atoms with Crippen molar-refractivity contribution in [2.75, 3.05) is 0 Å². The summed E-state index contributed by atoms with van der Waals surface area (Å²) in [5, 5.41) is 44.8. The molecular weight excluding hydrogens is 1570 g/mol. The Balaban J connectivity index is 0.000000189. The zero-order valence-corrected chi connectivity index (χ0v) is 79.7. The summed E-state index contributed by atoms with van der Waals surface area (Å²) >= 11 is 0. The molecule has 1 radical (unpaired) electrons. The second-order valence-corrected chi connectivity index (χ2v) is 45.8. The van der Waals surface area contributed by atoms with Gasteiger partial charge in [0, 0.05) is 46.6 Å². The van der Waals surface area contributed by atoms with E-state index in [-0.39, 0.29) is 110 Å². The Kier molecular flexibility index (Phi) is 28.2. The predicted octanol–water partition coefficient (Wildman–Crippen LogP) is 27.0. The quantitative estimate of drug-likeness (QED) is 0.0752. The molecule has 0 aliphatic heterocycles. The van der Waals surface area contributed by atoms with Gasteiger partial charge in [-0.25, -0.2) is 0 Å². The van der Waals surface area contributed by atoms with Crippen LogP contribution >= 0.6 is 0 Å². The topological polar surface area (TPSA) is 0 Å². The van der Waals surface area contributed by atoms with Crippen LogP contribution in [-0.4, -0.2) is 24.2 Å². The van der Waals surface area contributed by atoms with Gasteiger partial charge in [-0.05, 0) is 94.8 Å². The second kappa shape index (κ2) is 35.5. The molecule has 18 aromatic rings. The van der Waals surface area contributed by atoms with E-state index in [1.165, 1.54) is 216 Å². The van der Waals surface area contributed by atoms with E-state index < -0.39 is 24.2 Å². The predicted molar refractivity (Wildman–Crippen MR) is 511 cm³/mol. The SMILES string of the molecule is CCCCc1[cH-]c2ccc3ccccc3c2c1[Si](C)(C)c1c(CCCC)[cH-]c2ccc3ccccc3c12.CCc1[cH-]c2ccc3ccccc3c2c1[Si](C)(C)c1c(CC)[cH-]c2ccc3ccccc3c12.Cc1cc2c3cccc4c3c(cc2[c-]1[Si](C)(C)[c-]1c(C)cc2c3cccc5c3c(cc21)CC5)CC4.[CH3-].[CH3-].[CH3-].[CH3-].[CH3-].[CH3-].[Nb].[Ti+4].[Ti+4]. The molecule has 0 amide bonds. The van der Waals surface area contributed by atoms with Gasteiger partial charge in [-0.15, -0.1) is 169 Å². The minimum absolute atomic E-state index is 0. The summed E-state index contributed by atoms with van der Waals surface area (Å²) in [6.45, 7) is 29.7. The second-order valence-electron chi connectivity index (χ2n) is 33.0. The minimum atomic E-state index is -2.10. The molecular formula is C108H116NbSi3Ti2-4. The van der Waals surface area contributed by atoms with Gasteiger partial charge in [-0.1, -0.05) is 308 Å². The van der Waals surface area contributed by atoms with E-state index >= 15 is 0 Å². The van der Waals surface area contributed by atoms with Gasteiger partial charge < -0.3 is 44.6 Å². The Morgan fingerprint density at radius 2 is 0.588 bits per heavy atom. The largest absolute Gasteiger partial charge is 4.00 e. The van der Waals surface area contributed by atoms with Crippen molar-refractivity contribution in [3.8, 4) is 0 Å². The van der Waals surface area contributed by atoms with Crippen LogP contribution in [0.5, 0.6) is 0 Å². The van der Waals surface area contributed by atoms with Crippen LogP contribution in [0.25, 0.3) is 129 Å². The monoisotopic (exact) mass is 1690 g/mol. The summed E-state index contributed by atoms with van der Waals surface area (Å²) < 4.78 is 0. The van der Waals surface area contributed by atoms with Crippen molar-refractivity contribution in [1.29, 1.82) is 0 Å². The van der Waals surface area contributed by atoms with Crippen molar-refractivity contribution in [2.45, 2.75) is 158 Å². The van der Waals surface area contributed by atoms with Gasteiger partial charge in [0.2, 0.25) is 0 Å². The molecule has 0 bridgehead atoms. The maximum absolute atomic E-state index is 2.64. The summed E-state index contributed by atoms with van der Waals surface area (Å²) in [5.41, 5.74) is 15.5. The van der Waals surface area contributed by atoms with E-state index in [9.17, 15) is 0 Å². The fraction of sp³-hybridized carbons (Fsp3) is 0.222.